The van der Waals surface area contributed by atoms with Crippen LogP contribution in [0, 0.1) is 0 Å². The molecule has 1 heterocycles. The molecular formula is C19H29F3N4O2SSi. The minimum absolute atomic E-state index is 0.106. The van der Waals surface area contributed by atoms with Gasteiger partial charge in [-0.2, -0.15) is 13.2 Å². The highest BCUT2D eigenvalue weighted by Crippen LogP contribution is 2.26. The van der Waals surface area contributed by atoms with Crippen molar-refractivity contribution in [2.75, 3.05) is 6.61 Å². The second-order valence-electron chi connectivity index (χ2n) is 9.31. The molecule has 2 atom stereocenters. The van der Waals surface area contributed by atoms with Gasteiger partial charge in [0.25, 0.3) is 0 Å². The first-order valence-corrected chi connectivity index (χ1v) is 14.4. The van der Waals surface area contributed by atoms with E-state index < -0.39 is 42.6 Å². The zero-order valence-electron chi connectivity index (χ0n) is 18.1. The first kappa shape index (κ1) is 24.5. The summed E-state index contributed by atoms with van der Waals surface area (Å²) in [6.45, 7) is 10.9. The maximum atomic E-state index is 12.7. The van der Waals surface area contributed by atoms with Crippen LogP contribution in [0.1, 0.15) is 38.1 Å². The minimum atomic E-state index is -4.40. The van der Waals surface area contributed by atoms with Crippen LogP contribution in [0.5, 0.6) is 5.75 Å². The Balaban J connectivity index is 2.29. The Morgan fingerprint density at radius 3 is 2.27 bits per heavy atom. The molecule has 2 aromatic rings. The van der Waals surface area contributed by atoms with Gasteiger partial charge in [0.2, 0.25) is 0 Å². The van der Waals surface area contributed by atoms with Crippen LogP contribution < -0.4 is 9.46 Å². The standard InChI is InChI=1S/C19H29F3N4O2SSi/c1-18(2,3)29(27)24-17(16-11-26(25-23-16)13-30(4,5)6)14-7-9-15(10-8-14)28-12-19(20,21)22/h7-11,17,24H,12-13H2,1-6H3/t17-,29?/m0/s1. The fourth-order valence-electron chi connectivity index (χ4n) is 2.51. The van der Waals surface area contributed by atoms with Crippen LogP contribution in [0.25, 0.3) is 0 Å². The van der Waals surface area contributed by atoms with Crippen LogP contribution in [0.15, 0.2) is 30.5 Å². The lowest BCUT2D eigenvalue weighted by molar-refractivity contribution is -0.153. The molecule has 168 valence electrons. The highest BCUT2D eigenvalue weighted by Gasteiger charge is 2.29. The summed E-state index contributed by atoms with van der Waals surface area (Å²) in [5.41, 5.74) is 1.29. The Morgan fingerprint density at radius 1 is 1.17 bits per heavy atom. The molecule has 0 saturated heterocycles. The van der Waals surface area contributed by atoms with E-state index in [0.29, 0.717) is 11.3 Å². The van der Waals surface area contributed by atoms with Gasteiger partial charge in [-0.25, -0.2) is 8.93 Å². The van der Waals surface area contributed by atoms with E-state index in [1.165, 1.54) is 12.1 Å². The van der Waals surface area contributed by atoms with Crippen molar-refractivity contribution in [2.24, 2.45) is 0 Å². The largest absolute Gasteiger partial charge is 0.484 e. The molecule has 0 aliphatic carbocycles. The van der Waals surface area contributed by atoms with E-state index in [4.69, 9.17) is 4.74 Å². The highest BCUT2D eigenvalue weighted by molar-refractivity contribution is 7.84. The Labute approximate surface area is 178 Å². The van der Waals surface area contributed by atoms with Gasteiger partial charge >= 0.3 is 6.18 Å². The highest BCUT2D eigenvalue weighted by atomic mass is 32.2. The van der Waals surface area contributed by atoms with Gasteiger partial charge in [-0.3, -0.25) is 4.68 Å². The summed E-state index contributed by atoms with van der Waals surface area (Å²) in [5.74, 6) is 0.106. The topological polar surface area (TPSA) is 69.0 Å². The smallest absolute Gasteiger partial charge is 0.422 e. The molecule has 0 spiro atoms. The van der Waals surface area contributed by atoms with Crippen molar-refractivity contribution in [2.45, 2.75) is 63.5 Å². The molecule has 2 rings (SSSR count). The molecule has 0 bridgehead atoms. The van der Waals surface area contributed by atoms with Gasteiger partial charge in [-0.1, -0.05) is 37.0 Å². The molecule has 0 fully saturated rings. The van der Waals surface area contributed by atoms with Crippen LogP contribution in [0.3, 0.4) is 0 Å². The zero-order valence-corrected chi connectivity index (χ0v) is 19.9. The maximum Gasteiger partial charge on any atom is 0.422 e. The first-order valence-electron chi connectivity index (χ1n) is 9.52. The lowest BCUT2D eigenvalue weighted by Gasteiger charge is -2.23. The third-order valence-electron chi connectivity index (χ3n) is 3.89. The molecule has 0 aliphatic heterocycles. The first-order chi connectivity index (χ1) is 13.6. The predicted molar refractivity (Wildman–Crippen MR) is 114 cm³/mol. The van der Waals surface area contributed by atoms with Gasteiger partial charge in [0.15, 0.2) is 6.61 Å². The number of hydrogen-bond donors (Lipinski definition) is 1. The lowest BCUT2D eigenvalue weighted by atomic mass is 10.1. The summed E-state index contributed by atoms with van der Waals surface area (Å²) in [7, 11) is -2.82. The summed E-state index contributed by atoms with van der Waals surface area (Å²) < 4.78 is 59.0. The Morgan fingerprint density at radius 2 is 1.77 bits per heavy atom. The van der Waals surface area contributed by atoms with Gasteiger partial charge in [0.1, 0.15) is 11.4 Å². The van der Waals surface area contributed by atoms with Gasteiger partial charge in [-0.05, 0) is 38.5 Å². The number of alkyl halides is 3. The van der Waals surface area contributed by atoms with Gasteiger partial charge < -0.3 is 4.74 Å². The van der Waals surface area contributed by atoms with Gasteiger partial charge in [0.05, 0.1) is 36.0 Å². The van der Waals surface area contributed by atoms with E-state index in [1.54, 1.807) is 16.8 Å². The van der Waals surface area contributed by atoms with Crippen molar-refractivity contribution in [1.29, 1.82) is 0 Å². The lowest BCUT2D eigenvalue weighted by Crippen LogP contribution is -2.36. The molecule has 1 N–H and O–H groups in total. The van der Waals surface area contributed by atoms with Gasteiger partial charge in [-0.15, -0.1) is 5.10 Å². The molecular weight excluding hydrogens is 433 g/mol. The van der Waals surface area contributed by atoms with Crippen molar-refractivity contribution in [3.05, 3.63) is 41.7 Å². The van der Waals surface area contributed by atoms with E-state index in [0.717, 1.165) is 6.17 Å². The van der Waals surface area contributed by atoms with Crippen LogP contribution in [0.4, 0.5) is 13.2 Å². The molecule has 0 radical (unpaired) electrons. The summed E-state index contributed by atoms with van der Waals surface area (Å²) in [5, 5.41) is 8.47. The van der Waals surface area contributed by atoms with Crippen LogP contribution in [-0.4, -0.2) is 44.8 Å². The van der Waals surface area contributed by atoms with E-state index >= 15 is 0 Å². The Kier molecular flexibility index (Phi) is 7.52. The average Bonchev–Trinajstić information content (AvgIpc) is 3.03. The number of rotatable bonds is 8. The number of aromatic nitrogens is 3. The van der Waals surface area contributed by atoms with E-state index in [2.05, 4.69) is 34.7 Å². The van der Waals surface area contributed by atoms with Crippen LogP contribution >= 0.6 is 0 Å². The van der Waals surface area contributed by atoms with Crippen molar-refractivity contribution >= 4 is 19.1 Å². The Bertz CT molecular complexity index is 858. The van der Waals surface area contributed by atoms with Crippen LogP contribution in [0.2, 0.25) is 19.6 Å². The number of hydrogen-bond acceptors (Lipinski definition) is 4. The maximum absolute atomic E-state index is 12.7. The van der Waals surface area contributed by atoms with Crippen molar-refractivity contribution in [3.63, 3.8) is 0 Å². The average molecular weight is 463 g/mol. The third kappa shape index (κ3) is 7.84. The number of nitrogens with zero attached hydrogens (tertiary/aromatic N) is 3. The fraction of sp³-hybridized carbons (Fsp3) is 0.579. The van der Waals surface area contributed by atoms with E-state index in [9.17, 15) is 17.4 Å². The van der Waals surface area contributed by atoms with Crippen molar-refractivity contribution < 1.29 is 22.1 Å². The summed E-state index contributed by atoms with van der Waals surface area (Å²) in [6.07, 6.45) is -1.79. The number of ether oxygens (including phenoxy) is 1. The molecule has 1 unspecified atom stereocenters. The molecule has 6 nitrogen and oxygen atoms in total. The molecule has 1 aromatic carbocycles. The molecule has 11 heteroatoms. The molecule has 30 heavy (non-hydrogen) atoms. The van der Waals surface area contributed by atoms with E-state index in [-0.39, 0.29) is 5.75 Å². The second-order valence-corrected chi connectivity index (χ2v) is 16.7. The zero-order chi connectivity index (χ0) is 22.7. The van der Waals surface area contributed by atoms with Crippen LogP contribution in [-0.2, 0) is 17.2 Å². The third-order valence-corrected chi connectivity index (χ3v) is 6.72. The minimum Gasteiger partial charge on any atom is -0.484 e. The number of nitrogens with one attached hydrogen (secondary N) is 1. The van der Waals surface area contributed by atoms with Crippen molar-refractivity contribution in [1.82, 2.24) is 19.7 Å². The SMILES string of the molecule is CC(C)(C)S(=O)N[C@@H](c1ccc(OCC(F)(F)F)cc1)c1cn(C[Si](C)(C)C)nn1. The molecule has 0 aliphatic rings. The molecule has 1 aromatic heterocycles. The monoisotopic (exact) mass is 462 g/mol. The molecule has 0 amide bonds. The summed E-state index contributed by atoms with van der Waals surface area (Å²) in [6, 6.07) is 5.67. The normalized spacial score (nSPS) is 15.1. The van der Waals surface area contributed by atoms with E-state index in [1.807, 2.05) is 27.0 Å². The quantitative estimate of drug-likeness (QED) is 0.596. The van der Waals surface area contributed by atoms with Gasteiger partial charge in [0, 0.05) is 6.17 Å². The summed E-state index contributed by atoms with van der Waals surface area (Å²) in [4.78, 5) is 0. The van der Waals surface area contributed by atoms with Crippen molar-refractivity contribution in [3.8, 4) is 5.75 Å². The number of benzene rings is 1. The summed E-state index contributed by atoms with van der Waals surface area (Å²) >= 11 is 0. The number of halogens is 3. The fourth-order valence-corrected chi connectivity index (χ4v) is 4.46. The Hall–Kier alpha value is -1.72. The molecule has 0 saturated carbocycles. The predicted octanol–water partition coefficient (Wildman–Crippen LogP) is 4.24. The second kappa shape index (κ2) is 9.19.